The van der Waals surface area contributed by atoms with Gasteiger partial charge in [-0.1, -0.05) is 24.3 Å². The van der Waals surface area contributed by atoms with Crippen molar-refractivity contribution in [1.82, 2.24) is 9.97 Å². The monoisotopic (exact) mass is 502 g/mol. The van der Waals surface area contributed by atoms with Crippen LogP contribution in [0, 0.1) is 0 Å². The van der Waals surface area contributed by atoms with Gasteiger partial charge in [0.05, 0.1) is 31.1 Å². The molecule has 2 heterocycles. The van der Waals surface area contributed by atoms with E-state index in [2.05, 4.69) is 20.2 Å². The highest BCUT2D eigenvalue weighted by Crippen LogP contribution is 2.30. The van der Waals surface area contributed by atoms with Crippen LogP contribution in [-0.4, -0.2) is 52.8 Å². The highest BCUT2D eigenvalue weighted by Gasteiger charge is 2.24. The fourth-order valence-electron chi connectivity index (χ4n) is 4.06. The first-order valence-electron chi connectivity index (χ1n) is 12.2. The molecule has 3 aromatic rings. The molecule has 9 nitrogen and oxygen atoms in total. The van der Waals surface area contributed by atoms with Crippen LogP contribution in [0.5, 0.6) is 11.5 Å². The number of aromatic carboxylic acids is 1. The lowest BCUT2D eigenvalue weighted by atomic mass is 10.1. The molecule has 0 saturated carbocycles. The summed E-state index contributed by atoms with van der Waals surface area (Å²) < 4.78 is 12.0. The molecule has 1 fully saturated rings. The quantitative estimate of drug-likeness (QED) is 0.406. The van der Waals surface area contributed by atoms with Crippen molar-refractivity contribution in [2.75, 3.05) is 29.9 Å². The van der Waals surface area contributed by atoms with E-state index in [1.165, 1.54) is 18.3 Å². The highest BCUT2D eigenvalue weighted by atomic mass is 16.5. The van der Waals surface area contributed by atoms with Crippen molar-refractivity contribution >= 4 is 29.6 Å². The number of carbonyl (C=O) groups excluding carboxylic acids is 1. The Bertz CT molecular complexity index is 1280. The molecular formula is C28H30N4O5. The van der Waals surface area contributed by atoms with Gasteiger partial charge in [-0.15, -0.1) is 0 Å². The number of piperidine rings is 1. The second-order valence-electron chi connectivity index (χ2n) is 8.68. The Labute approximate surface area is 215 Å². The number of aromatic nitrogens is 2. The van der Waals surface area contributed by atoms with E-state index in [1.54, 1.807) is 31.3 Å². The minimum absolute atomic E-state index is 0.0342. The van der Waals surface area contributed by atoms with Crippen molar-refractivity contribution in [3.63, 3.8) is 0 Å². The zero-order chi connectivity index (χ0) is 26.2. The number of carboxylic acid groups (broad SMARTS) is 1. The van der Waals surface area contributed by atoms with Gasteiger partial charge in [-0.25, -0.2) is 9.78 Å². The summed E-state index contributed by atoms with van der Waals surface area (Å²) in [5.41, 5.74) is 1.37. The SMILES string of the molecule is CCOc1ccccc1O[C@@H]1CCCN(c2cncc(NC(=O)/C(C)=C/c3ccc(C(=O)O)cc3)n2)C1. The minimum Gasteiger partial charge on any atom is -0.490 e. The van der Waals surface area contributed by atoms with Crippen LogP contribution in [0.15, 0.2) is 66.5 Å². The first kappa shape index (κ1) is 25.7. The van der Waals surface area contributed by atoms with E-state index in [-0.39, 0.29) is 17.6 Å². The Morgan fingerprint density at radius 2 is 1.89 bits per heavy atom. The zero-order valence-electron chi connectivity index (χ0n) is 20.9. The van der Waals surface area contributed by atoms with Gasteiger partial charge >= 0.3 is 5.97 Å². The molecule has 37 heavy (non-hydrogen) atoms. The predicted octanol–water partition coefficient (Wildman–Crippen LogP) is 4.66. The molecule has 1 atom stereocenters. The molecule has 2 N–H and O–H groups in total. The standard InChI is InChI=1S/C28H30N4O5/c1-3-36-23-8-4-5-9-24(23)37-22-7-6-14-32(18-22)26-17-29-16-25(30-26)31-27(33)19(2)15-20-10-12-21(13-11-20)28(34)35/h4-5,8-13,15-17,22H,3,6-7,14,18H2,1-2H3,(H,34,35)(H,30,31,33)/b19-15+/t22-/m1/s1. The van der Waals surface area contributed by atoms with Gasteiger partial charge in [0.25, 0.3) is 5.91 Å². The van der Waals surface area contributed by atoms with Gasteiger partial charge in [-0.3, -0.25) is 9.78 Å². The molecule has 1 saturated heterocycles. The summed E-state index contributed by atoms with van der Waals surface area (Å²) in [5, 5.41) is 11.8. The highest BCUT2D eigenvalue weighted by molar-refractivity contribution is 6.05. The van der Waals surface area contributed by atoms with Crippen LogP contribution < -0.4 is 19.7 Å². The lowest BCUT2D eigenvalue weighted by molar-refractivity contribution is -0.112. The molecule has 2 aromatic carbocycles. The number of nitrogens with one attached hydrogen (secondary N) is 1. The van der Waals surface area contributed by atoms with Crippen LogP contribution in [0.1, 0.15) is 42.6 Å². The number of benzene rings is 2. The molecular weight excluding hydrogens is 472 g/mol. The second-order valence-corrected chi connectivity index (χ2v) is 8.68. The minimum atomic E-state index is -0.995. The van der Waals surface area contributed by atoms with Gasteiger partial charge in [0.1, 0.15) is 11.9 Å². The lowest BCUT2D eigenvalue weighted by Gasteiger charge is -2.33. The summed E-state index contributed by atoms with van der Waals surface area (Å²) in [6.45, 7) is 5.64. The molecule has 1 aromatic heterocycles. The van der Waals surface area contributed by atoms with Crippen LogP contribution in [-0.2, 0) is 4.79 Å². The lowest BCUT2D eigenvalue weighted by Crippen LogP contribution is -2.41. The summed E-state index contributed by atoms with van der Waals surface area (Å²) in [7, 11) is 0. The second kappa shape index (κ2) is 12.0. The van der Waals surface area contributed by atoms with E-state index in [1.807, 2.05) is 31.2 Å². The average molecular weight is 503 g/mol. The summed E-state index contributed by atoms with van der Waals surface area (Å²) >= 11 is 0. The first-order chi connectivity index (χ1) is 17.9. The maximum Gasteiger partial charge on any atom is 0.335 e. The summed E-state index contributed by atoms with van der Waals surface area (Å²) in [4.78, 5) is 34.7. The molecule has 0 unspecified atom stereocenters. The average Bonchev–Trinajstić information content (AvgIpc) is 2.90. The topological polar surface area (TPSA) is 114 Å². The molecule has 9 heteroatoms. The number of para-hydroxylation sites is 2. The Kier molecular flexibility index (Phi) is 8.35. The predicted molar refractivity (Wildman–Crippen MR) is 141 cm³/mol. The van der Waals surface area contributed by atoms with E-state index in [0.717, 1.165) is 36.4 Å². The normalized spacial score (nSPS) is 15.7. The fourth-order valence-corrected chi connectivity index (χ4v) is 4.06. The van der Waals surface area contributed by atoms with Gasteiger partial charge < -0.3 is 24.8 Å². The van der Waals surface area contributed by atoms with E-state index >= 15 is 0 Å². The zero-order valence-corrected chi connectivity index (χ0v) is 20.9. The number of carbonyl (C=O) groups is 2. The van der Waals surface area contributed by atoms with Crippen molar-refractivity contribution in [3.8, 4) is 11.5 Å². The summed E-state index contributed by atoms with van der Waals surface area (Å²) in [6, 6.07) is 14.0. The third kappa shape index (κ3) is 6.84. The number of rotatable bonds is 9. The van der Waals surface area contributed by atoms with Crippen molar-refractivity contribution in [2.24, 2.45) is 0 Å². The Morgan fingerprint density at radius 3 is 2.62 bits per heavy atom. The van der Waals surface area contributed by atoms with Gasteiger partial charge in [0.2, 0.25) is 0 Å². The van der Waals surface area contributed by atoms with Gasteiger partial charge in [0, 0.05) is 12.1 Å². The Hall–Kier alpha value is -4.40. The third-order valence-corrected chi connectivity index (χ3v) is 5.91. The molecule has 1 aliphatic rings. The van der Waals surface area contributed by atoms with Crippen molar-refractivity contribution in [2.45, 2.75) is 32.8 Å². The van der Waals surface area contributed by atoms with E-state index in [9.17, 15) is 9.59 Å². The van der Waals surface area contributed by atoms with Crippen molar-refractivity contribution in [3.05, 3.63) is 77.6 Å². The van der Waals surface area contributed by atoms with Gasteiger partial charge in [0.15, 0.2) is 17.3 Å². The van der Waals surface area contributed by atoms with E-state index in [0.29, 0.717) is 30.4 Å². The maximum atomic E-state index is 12.7. The summed E-state index contributed by atoms with van der Waals surface area (Å²) in [6.07, 6.45) is 6.68. The molecule has 4 rings (SSSR count). The van der Waals surface area contributed by atoms with Crippen LogP contribution in [0.25, 0.3) is 6.08 Å². The number of amides is 1. The van der Waals surface area contributed by atoms with E-state index in [4.69, 9.17) is 14.6 Å². The third-order valence-electron chi connectivity index (χ3n) is 5.91. The Balaban J connectivity index is 1.40. The van der Waals surface area contributed by atoms with Gasteiger partial charge in [-0.2, -0.15) is 0 Å². The number of anilines is 2. The first-order valence-corrected chi connectivity index (χ1v) is 12.2. The maximum absolute atomic E-state index is 12.7. The Morgan fingerprint density at radius 1 is 1.14 bits per heavy atom. The molecule has 1 amide bonds. The van der Waals surface area contributed by atoms with E-state index < -0.39 is 5.97 Å². The van der Waals surface area contributed by atoms with Crippen LogP contribution in [0.2, 0.25) is 0 Å². The largest absolute Gasteiger partial charge is 0.490 e. The van der Waals surface area contributed by atoms with Crippen molar-refractivity contribution < 1.29 is 24.2 Å². The van der Waals surface area contributed by atoms with Crippen LogP contribution in [0.3, 0.4) is 0 Å². The van der Waals surface area contributed by atoms with Crippen molar-refractivity contribution in [1.29, 1.82) is 0 Å². The number of hydrogen-bond acceptors (Lipinski definition) is 7. The summed E-state index contributed by atoms with van der Waals surface area (Å²) in [5.74, 6) is 1.15. The molecule has 0 aliphatic carbocycles. The van der Waals surface area contributed by atoms with Crippen LogP contribution >= 0.6 is 0 Å². The molecule has 0 spiro atoms. The molecule has 1 aliphatic heterocycles. The molecule has 0 radical (unpaired) electrons. The number of nitrogens with zero attached hydrogens (tertiary/aromatic N) is 3. The number of carboxylic acids is 1. The fraction of sp³-hybridized carbons (Fsp3) is 0.286. The number of hydrogen-bond donors (Lipinski definition) is 2. The van der Waals surface area contributed by atoms with Crippen LogP contribution in [0.4, 0.5) is 11.6 Å². The van der Waals surface area contributed by atoms with Gasteiger partial charge in [-0.05, 0) is 62.6 Å². The smallest absolute Gasteiger partial charge is 0.335 e. The molecule has 192 valence electrons. The molecule has 0 bridgehead atoms. The number of ether oxygens (including phenoxy) is 2.